The molecule has 1 amide bonds. The molecule has 0 unspecified atom stereocenters. The molecule has 2 aliphatic rings. The molecule has 1 aliphatic heterocycles. The van der Waals surface area contributed by atoms with E-state index in [0.717, 1.165) is 12.8 Å². The predicted octanol–water partition coefficient (Wildman–Crippen LogP) is 0.874. The van der Waals surface area contributed by atoms with Crippen LogP contribution in [0.1, 0.15) is 23.2 Å². The number of carbonyl (C=O) groups is 1. The summed E-state index contributed by atoms with van der Waals surface area (Å²) in [5, 5.41) is 10.2. The molecule has 0 aromatic heterocycles. The summed E-state index contributed by atoms with van der Waals surface area (Å²) in [5.41, 5.74) is 6.07. The maximum absolute atomic E-state index is 12.3. The lowest BCUT2D eigenvalue weighted by Crippen LogP contribution is -2.64. The van der Waals surface area contributed by atoms with Gasteiger partial charge in [0.05, 0.1) is 25.8 Å². The second-order valence-corrected chi connectivity index (χ2v) is 5.50. The lowest BCUT2D eigenvalue weighted by molar-refractivity contribution is -0.0958. The molecule has 0 spiro atoms. The average molecular weight is 262 g/mol. The van der Waals surface area contributed by atoms with Crippen molar-refractivity contribution in [2.75, 3.05) is 25.9 Å². The van der Waals surface area contributed by atoms with Gasteiger partial charge in [-0.1, -0.05) is 0 Å². The third kappa shape index (κ3) is 2.04. The Labute approximate surface area is 112 Å². The lowest BCUT2D eigenvalue weighted by atomic mass is 9.88. The Morgan fingerprint density at radius 2 is 2.16 bits per heavy atom. The van der Waals surface area contributed by atoms with E-state index in [2.05, 4.69) is 0 Å². The van der Waals surface area contributed by atoms with Gasteiger partial charge in [0.1, 0.15) is 11.4 Å². The number of methoxy groups -OCH3 is 1. The van der Waals surface area contributed by atoms with Gasteiger partial charge in [-0.2, -0.15) is 0 Å². The molecule has 0 bridgehead atoms. The topological polar surface area (TPSA) is 75.8 Å². The van der Waals surface area contributed by atoms with Gasteiger partial charge in [-0.15, -0.1) is 0 Å². The number of benzene rings is 1. The quantitative estimate of drug-likeness (QED) is 0.793. The van der Waals surface area contributed by atoms with Crippen LogP contribution in [0.25, 0.3) is 0 Å². The molecule has 5 nitrogen and oxygen atoms in total. The van der Waals surface area contributed by atoms with E-state index < -0.39 is 5.60 Å². The fourth-order valence-electron chi connectivity index (χ4n) is 2.69. The fourth-order valence-corrected chi connectivity index (χ4v) is 2.69. The molecule has 2 fully saturated rings. The molecular formula is C14H18N2O3. The molecule has 3 rings (SSSR count). The Bertz CT molecular complexity index is 519. The van der Waals surface area contributed by atoms with Crippen LogP contribution in [0.5, 0.6) is 5.75 Å². The molecule has 1 aliphatic carbocycles. The van der Waals surface area contributed by atoms with E-state index in [4.69, 9.17) is 10.5 Å². The van der Waals surface area contributed by atoms with Crippen molar-refractivity contribution in [3.8, 4) is 5.75 Å². The van der Waals surface area contributed by atoms with Gasteiger partial charge in [-0.25, -0.2) is 0 Å². The van der Waals surface area contributed by atoms with Crippen molar-refractivity contribution in [2.45, 2.75) is 18.4 Å². The highest BCUT2D eigenvalue weighted by Gasteiger charge is 2.53. The summed E-state index contributed by atoms with van der Waals surface area (Å²) in [5.74, 6) is 0.749. The Morgan fingerprint density at radius 1 is 1.47 bits per heavy atom. The average Bonchev–Trinajstić information content (AvgIpc) is 3.18. The molecule has 5 heteroatoms. The highest BCUT2D eigenvalue weighted by Crippen LogP contribution is 2.45. The number of hydrogen-bond acceptors (Lipinski definition) is 4. The van der Waals surface area contributed by atoms with Crippen LogP contribution >= 0.6 is 0 Å². The van der Waals surface area contributed by atoms with Crippen molar-refractivity contribution in [3.05, 3.63) is 23.8 Å². The van der Waals surface area contributed by atoms with Gasteiger partial charge in [-0.05, 0) is 30.9 Å². The number of nitrogen functional groups attached to an aromatic ring is 1. The van der Waals surface area contributed by atoms with Gasteiger partial charge in [-0.3, -0.25) is 4.79 Å². The van der Waals surface area contributed by atoms with Crippen LogP contribution in [0, 0.1) is 5.92 Å². The highest BCUT2D eigenvalue weighted by molar-refractivity contribution is 5.98. The van der Waals surface area contributed by atoms with E-state index in [1.165, 1.54) is 7.11 Å². The van der Waals surface area contributed by atoms with Crippen LogP contribution in [0.15, 0.2) is 18.2 Å². The van der Waals surface area contributed by atoms with Crippen LogP contribution in [0.2, 0.25) is 0 Å². The summed E-state index contributed by atoms with van der Waals surface area (Å²) < 4.78 is 5.19. The van der Waals surface area contributed by atoms with E-state index >= 15 is 0 Å². The van der Waals surface area contributed by atoms with Crippen molar-refractivity contribution in [1.29, 1.82) is 0 Å². The fraction of sp³-hybridized carbons (Fsp3) is 0.500. The van der Waals surface area contributed by atoms with E-state index in [1.54, 1.807) is 23.1 Å². The number of amides is 1. The van der Waals surface area contributed by atoms with Crippen LogP contribution in [0.3, 0.4) is 0 Å². The summed E-state index contributed by atoms with van der Waals surface area (Å²) in [4.78, 5) is 14.0. The summed E-state index contributed by atoms with van der Waals surface area (Å²) in [6, 6.07) is 4.99. The zero-order chi connectivity index (χ0) is 13.6. The molecule has 19 heavy (non-hydrogen) atoms. The first-order valence-electron chi connectivity index (χ1n) is 6.49. The number of carbonyl (C=O) groups excluding carboxylic acids is 1. The lowest BCUT2D eigenvalue weighted by Gasteiger charge is -2.47. The van der Waals surface area contributed by atoms with Gasteiger partial charge in [0.2, 0.25) is 0 Å². The van der Waals surface area contributed by atoms with E-state index in [-0.39, 0.29) is 5.91 Å². The van der Waals surface area contributed by atoms with Crippen LogP contribution < -0.4 is 10.5 Å². The van der Waals surface area contributed by atoms with Crippen molar-refractivity contribution in [3.63, 3.8) is 0 Å². The predicted molar refractivity (Wildman–Crippen MR) is 71.0 cm³/mol. The number of rotatable bonds is 3. The maximum atomic E-state index is 12.3. The third-order valence-corrected chi connectivity index (χ3v) is 4.01. The summed E-state index contributed by atoms with van der Waals surface area (Å²) >= 11 is 0. The monoisotopic (exact) mass is 262 g/mol. The maximum Gasteiger partial charge on any atom is 0.257 e. The molecule has 1 saturated heterocycles. The molecule has 1 saturated carbocycles. The van der Waals surface area contributed by atoms with E-state index in [9.17, 15) is 9.90 Å². The van der Waals surface area contributed by atoms with Crippen molar-refractivity contribution < 1.29 is 14.6 Å². The van der Waals surface area contributed by atoms with Gasteiger partial charge >= 0.3 is 0 Å². The number of likely N-dealkylation sites (tertiary alicyclic amines) is 1. The zero-order valence-corrected chi connectivity index (χ0v) is 10.9. The molecule has 0 radical (unpaired) electrons. The van der Waals surface area contributed by atoms with Gasteiger partial charge in [0.25, 0.3) is 5.91 Å². The first-order valence-corrected chi connectivity index (χ1v) is 6.49. The first kappa shape index (κ1) is 12.3. The third-order valence-electron chi connectivity index (χ3n) is 4.01. The minimum absolute atomic E-state index is 0.109. The number of aliphatic hydroxyl groups is 1. The van der Waals surface area contributed by atoms with Crippen molar-refractivity contribution in [1.82, 2.24) is 4.90 Å². The number of nitrogens with two attached hydrogens (primary N) is 1. The Hall–Kier alpha value is -1.75. The van der Waals surface area contributed by atoms with E-state index in [0.29, 0.717) is 36.0 Å². The Balaban J connectivity index is 1.75. The van der Waals surface area contributed by atoms with Crippen LogP contribution in [0.4, 0.5) is 5.69 Å². The Kier molecular flexibility index (Phi) is 2.67. The number of ether oxygens (including phenoxy) is 1. The summed E-state index contributed by atoms with van der Waals surface area (Å²) in [6.07, 6.45) is 2.15. The number of nitrogens with zero attached hydrogens (tertiary/aromatic N) is 1. The number of anilines is 1. The van der Waals surface area contributed by atoms with Crippen molar-refractivity contribution in [2.24, 2.45) is 5.92 Å². The summed E-state index contributed by atoms with van der Waals surface area (Å²) in [7, 11) is 1.52. The molecule has 102 valence electrons. The first-order chi connectivity index (χ1) is 9.03. The van der Waals surface area contributed by atoms with Crippen LogP contribution in [-0.2, 0) is 0 Å². The number of β-amino-alcohol motifs (C(OH)–C–C–N with tert-alkyl or cyclic N) is 1. The van der Waals surface area contributed by atoms with Gasteiger partial charge in [0, 0.05) is 11.8 Å². The van der Waals surface area contributed by atoms with Gasteiger partial charge in [0.15, 0.2) is 0 Å². The molecular weight excluding hydrogens is 244 g/mol. The van der Waals surface area contributed by atoms with Crippen LogP contribution in [-0.4, -0.2) is 41.7 Å². The minimum atomic E-state index is -0.656. The Morgan fingerprint density at radius 3 is 2.74 bits per heavy atom. The molecule has 3 N–H and O–H groups in total. The zero-order valence-electron chi connectivity index (χ0n) is 10.9. The molecule has 1 aromatic carbocycles. The second-order valence-electron chi connectivity index (χ2n) is 5.50. The smallest absolute Gasteiger partial charge is 0.257 e. The normalized spacial score (nSPS) is 20.8. The summed E-state index contributed by atoms with van der Waals surface area (Å²) in [6.45, 7) is 0.841. The standard InChI is InChI=1S/C14H18N2O3/c1-19-12-6-10(15)4-5-11(12)13(17)16-7-14(18,8-16)9-2-3-9/h4-6,9,18H,2-3,7-8,15H2,1H3. The van der Waals surface area contributed by atoms with Crippen molar-refractivity contribution >= 4 is 11.6 Å². The number of hydrogen-bond donors (Lipinski definition) is 2. The molecule has 1 aromatic rings. The second kappa shape index (κ2) is 4.13. The van der Waals surface area contributed by atoms with E-state index in [1.807, 2.05) is 0 Å². The molecule has 0 atom stereocenters. The van der Waals surface area contributed by atoms with Gasteiger partial charge < -0.3 is 20.5 Å². The SMILES string of the molecule is COc1cc(N)ccc1C(=O)N1CC(O)(C2CC2)C1. The largest absolute Gasteiger partial charge is 0.496 e. The highest BCUT2D eigenvalue weighted by atomic mass is 16.5. The minimum Gasteiger partial charge on any atom is -0.496 e. The molecule has 1 heterocycles.